The molecular weight excluding hydrogens is 450 g/mol. The van der Waals surface area contributed by atoms with Gasteiger partial charge in [0.25, 0.3) is 5.56 Å². The van der Waals surface area contributed by atoms with Gasteiger partial charge in [-0.05, 0) is 49.5 Å². The number of aromatic nitrogens is 1. The lowest BCUT2D eigenvalue weighted by Crippen LogP contribution is -2.35. The van der Waals surface area contributed by atoms with Crippen LogP contribution in [0.25, 0.3) is 0 Å². The fourth-order valence-corrected chi connectivity index (χ4v) is 5.83. The summed E-state index contributed by atoms with van der Waals surface area (Å²) in [7, 11) is 1.53. The number of hydrogen-bond acceptors (Lipinski definition) is 7. The Bertz CT molecular complexity index is 959. The predicted octanol–water partition coefficient (Wildman–Crippen LogP) is 2.51. The maximum Gasteiger partial charge on any atom is 0.259 e. The van der Waals surface area contributed by atoms with Crippen molar-refractivity contribution < 1.29 is 30.3 Å². The van der Waals surface area contributed by atoms with Gasteiger partial charge in [0.05, 0.1) is 30.0 Å². The number of hydrogen-bond donors (Lipinski definition) is 5. The third-order valence-corrected chi connectivity index (χ3v) is 8.06. The smallest absolute Gasteiger partial charge is 0.259 e. The number of aromatic hydroxyl groups is 1. The number of allylic oxidation sites excluding steroid dienone is 1. The molecule has 1 aromatic rings. The van der Waals surface area contributed by atoms with Crippen LogP contribution in [0.1, 0.15) is 83.5 Å². The minimum absolute atomic E-state index is 0.0811. The highest BCUT2D eigenvalue weighted by atomic mass is 16.5. The lowest BCUT2D eigenvalue weighted by Gasteiger charge is -2.36. The summed E-state index contributed by atoms with van der Waals surface area (Å²) in [5.74, 6) is -0.229. The Hall–Kier alpha value is -1.71. The Balaban J connectivity index is 1.94. The van der Waals surface area contributed by atoms with E-state index in [9.17, 15) is 30.3 Å². The molecule has 198 valence electrons. The van der Waals surface area contributed by atoms with Crippen LogP contribution >= 0.6 is 0 Å². The van der Waals surface area contributed by atoms with Crippen LogP contribution in [0.4, 0.5) is 0 Å². The number of aliphatic hydroxyl groups excluding tert-OH is 4. The second kappa shape index (κ2) is 11.1. The molecule has 1 saturated heterocycles. The van der Waals surface area contributed by atoms with Crippen LogP contribution in [0.5, 0.6) is 5.75 Å². The Morgan fingerprint density at radius 2 is 1.74 bits per heavy atom. The van der Waals surface area contributed by atoms with Crippen LogP contribution in [-0.2, 0) is 11.8 Å². The third-order valence-electron chi connectivity index (χ3n) is 8.06. The fourth-order valence-electron chi connectivity index (χ4n) is 5.83. The zero-order chi connectivity index (χ0) is 26.2. The van der Waals surface area contributed by atoms with Gasteiger partial charge in [0, 0.05) is 24.7 Å². The van der Waals surface area contributed by atoms with Gasteiger partial charge in [-0.1, -0.05) is 40.2 Å². The van der Waals surface area contributed by atoms with Crippen molar-refractivity contribution in [1.29, 1.82) is 0 Å². The van der Waals surface area contributed by atoms with Gasteiger partial charge in [0.2, 0.25) is 0 Å². The van der Waals surface area contributed by atoms with Gasteiger partial charge in [0.15, 0.2) is 0 Å². The zero-order valence-corrected chi connectivity index (χ0v) is 21.8. The van der Waals surface area contributed by atoms with Crippen molar-refractivity contribution in [3.8, 4) is 5.75 Å². The van der Waals surface area contributed by atoms with Gasteiger partial charge in [-0.2, -0.15) is 0 Å². The first-order valence-corrected chi connectivity index (χ1v) is 12.9. The topological polar surface area (TPSA) is 132 Å². The first kappa shape index (κ1) is 27.9. The van der Waals surface area contributed by atoms with Crippen LogP contribution in [0.2, 0.25) is 0 Å². The Morgan fingerprint density at radius 3 is 2.31 bits per heavy atom. The number of ether oxygens (including phenoxy) is 1. The maximum atomic E-state index is 13.1. The maximum absolute atomic E-state index is 13.1. The quantitative estimate of drug-likeness (QED) is 0.369. The van der Waals surface area contributed by atoms with Crippen LogP contribution in [0.15, 0.2) is 22.6 Å². The Kier molecular flexibility index (Phi) is 8.86. The van der Waals surface area contributed by atoms with E-state index < -0.39 is 42.0 Å². The summed E-state index contributed by atoms with van der Waals surface area (Å²) in [6.45, 7) is 10.8. The van der Waals surface area contributed by atoms with Crippen molar-refractivity contribution in [2.24, 2.45) is 24.8 Å². The van der Waals surface area contributed by atoms with E-state index in [0.717, 1.165) is 24.8 Å². The molecule has 35 heavy (non-hydrogen) atoms. The summed E-state index contributed by atoms with van der Waals surface area (Å²) in [6.07, 6.45) is 0.195. The summed E-state index contributed by atoms with van der Waals surface area (Å²) in [5.41, 5.74) is 0.876. The lowest BCUT2D eigenvalue weighted by molar-refractivity contribution is -0.0633. The Morgan fingerprint density at radius 1 is 1.14 bits per heavy atom. The highest BCUT2D eigenvalue weighted by molar-refractivity contribution is 5.44. The predicted molar refractivity (Wildman–Crippen MR) is 133 cm³/mol. The molecule has 0 amide bonds. The number of aryl methyl sites for hydroxylation is 1. The standard InChI is InChI=1S/C27H43NO7/c1-7-13(2)10-14(3)11-16(5)26-15(4)8-9-18(35-26)20-21(29)17(12-28(6)27(20)34)19-22(30)24(32)25(33)23(19)31/h11-15,18-19,22-26,29-33H,7-10H2,1-6H3/b16-11+/t13-,14+,15?,18-,19-,22+,23-,24+,25-,26+/m1/s1. The monoisotopic (exact) mass is 493 g/mol. The van der Waals surface area contributed by atoms with Crippen molar-refractivity contribution in [3.05, 3.63) is 39.3 Å². The van der Waals surface area contributed by atoms with E-state index in [0.29, 0.717) is 18.3 Å². The highest BCUT2D eigenvalue weighted by Crippen LogP contribution is 2.44. The summed E-state index contributed by atoms with van der Waals surface area (Å²) < 4.78 is 7.73. The second-order valence-corrected chi connectivity index (χ2v) is 11.0. The molecule has 1 aliphatic carbocycles. The van der Waals surface area contributed by atoms with Crippen molar-refractivity contribution in [3.63, 3.8) is 0 Å². The molecule has 1 aromatic heterocycles. The minimum atomic E-state index is -1.56. The molecule has 0 aromatic carbocycles. The lowest BCUT2D eigenvalue weighted by atomic mass is 9.84. The second-order valence-electron chi connectivity index (χ2n) is 11.0. The molecule has 8 nitrogen and oxygen atoms in total. The third kappa shape index (κ3) is 5.52. The number of rotatable bonds is 7. The molecule has 1 saturated carbocycles. The van der Waals surface area contributed by atoms with Gasteiger partial charge in [0.1, 0.15) is 18.0 Å². The normalized spacial score (nSPS) is 35.8. The van der Waals surface area contributed by atoms with E-state index >= 15 is 0 Å². The van der Waals surface area contributed by atoms with Gasteiger partial charge in [-0.3, -0.25) is 4.79 Å². The van der Waals surface area contributed by atoms with E-state index in [4.69, 9.17) is 4.74 Å². The Labute approximate surface area is 207 Å². The van der Waals surface area contributed by atoms with Crippen molar-refractivity contribution in [2.75, 3.05) is 0 Å². The van der Waals surface area contributed by atoms with E-state index in [-0.39, 0.29) is 28.9 Å². The first-order chi connectivity index (χ1) is 16.4. The van der Waals surface area contributed by atoms with Crippen molar-refractivity contribution in [2.45, 2.75) is 103 Å². The first-order valence-electron chi connectivity index (χ1n) is 12.9. The van der Waals surface area contributed by atoms with Crippen molar-refractivity contribution in [1.82, 2.24) is 4.57 Å². The minimum Gasteiger partial charge on any atom is -0.507 e. The van der Waals surface area contributed by atoms with Gasteiger partial charge >= 0.3 is 0 Å². The molecule has 2 heterocycles. The molecule has 5 N–H and O–H groups in total. The molecule has 8 heteroatoms. The van der Waals surface area contributed by atoms with Crippen LogP contribution in [0.3, 0.4) is 0 Å². The number of nitrogens with zero attached hydrogens (tertiary/aromatic N) is 1. The van der Waals surface area contributed by atoms with E-state index in [2.05, 4.69) is 40.7 Å². The van der Waals surface area contributed by atoms with Gasteiger partial charge < -0.3 is 34.8 Å². The summed E-state index contributed by atoms with van der Waals surface area (Å²) in [4.78, 5) is 13.1. The average Bonchev–Trinajstić information content (AvgIpc) is 2.99. The van der Waals surface area contributed by atoms with Gasteiger partial charge in [-0.15, -0.1) is 0 Å². The molecular formula is C27H43NO7. The van der Waals surface area contributed by atoms with Crippen LogP contribution in [0, 0.1) is 17.8 Å². The molecule has 1 unspecified atom stereocenters. The molecule has 1 aliphatic heterocycles. The largest absolute Gasteiger partial charge is 0.507 e. The summed E-state index contributed by atoms with van der Waals surface area (Å²) in [5, 5.41) is 52.1. The molecule has 3 rings (SSSR count). The van der Waals surface area contributed by atoms with Crippen LogP contribution < -0.4 is 5.56 Å². The molecule has 2 aliphatic rings. The summed E-state index contributed by atoms with van der Waals surface area (Å²) >= 11 is 0. The fraction of sp³-hybridized carbons (Fsp3) is 0.741. The van der Waals surface area contributed by atoms with Crippen LogP contribution in [-0.4, -0.2) is 60.6 Å². The van der Waals surface area contributed by atoms with Gasteiger partial charge in [-0.25, -0.2) is 0 Å². The van der Waals surface area contributed by atoms with E-state index in [1.54, 1.807) is 0 Å². The zero-order valence-electron chi connectivity index (χ0n) is 21.8. The highest BCUT2D eigenvalue weighted by Gasteiger charge is 2.50. The molecule has 10 atom stereocenters. The average molecular weight is 494 g/mol. The SMILES string of the molecule is CC[C@@H](C)C[C@H](C)/C=C(\C)[C@H]1O[C@@H](c2c(O)c([C@@H]3[C@H](O)[C@H](O)[C@H](O)[C@@H]3O)cn(C)c2=O)CCC1C. The number of aliphatic hydroxyl groups is 4. The summed E-state index contributed by atoms with van der Waals surface area (Å²) in [6, 6.07) is 0. The van der Waals surface area contributed by atoms with Crippen molar-refractivity contribution >= 4 is 0 Å². The molecule has 2 fully saturated rings. The molecule has 0 radical (unpaired) electrons. The number of pyridine rings is 1. The molecule has 0 spiro atoms. The van der Waals surface area contributed by atoms with E-state index in [1.165, 1.54) is 17.8 Å². The molecule has 0 bridgehead atoms. The van der Waals surface area contributed by atoms with E-state index in [1.807, 2.05) is 0 Å².